The fraction of sp³-hybridized carbons (Fsp3) is 0.227. The number of rotatable bonds is 5. The molecule has 0 aliphatic carbocycles. The van der Waals surface area contributed by atoms with Gasteiger partial charge in [-0.05, 0) is 55.7 Å². The highest BCUT2D eigenvalue weighted by atomic mass is 19.1. The van der Waals surface area contributed by atoms with Gasteiger partial charge in [-0.15, -0.1) is 0 Å². The molecule has 1 saturated heterocycles. The van der Waals surface area contributed by atoms with Gasteiger partial charge in [0.1, 0.15) is 17.2 Å². The molecule has 0 atom stereocenters. The molecule has 4 rings (SSSR count). The Kier molecular flexibility index (Phi) is 5.66. The molecule has 3 N–H and O–H groups in total. The number of hydrogen-bond acceptors (Lipinski definition) is 5. The summed E-state index contributed by atoms with van der Waals surface area (Å²) >= 11 is 0. The van der Waals surface area contributed by atoms with Crippen molar-refractivity contribution in [1.29, 1.82) is 0 Å². The lowest BCUT2D eigenvalue weighted by Crippen LogP contribution is -2.35. The van der Waals surface area contributed by atoms with Gasteiger partial charge in [0.25, 0.3) is 11.8 Å². The number of piperidine rings is 1. The van der Waals surface area contributed by atoms with Crippen molar-refractivity contribution in [2.24, 2.45) is 5.73 Å². The van der Waals surface area contributed by atoms with E-state index in [1.807, 2.05) is 4.90 Å². The number of anilines is 2. The second-order valence-electron chi connectivity index (χ2n) is 7.21. The van der Waals surface area contributed by atoms with Gasteiger partial charge in [0.2, 0.25) is 11.8 Å². The summed E-state index contributed by atoms with van der Waals surface area (Å²) in [6.07, 6.45) is 3.13. The van der Waals surface area contributed by atoms with Crippen LogP contribution in [-0.4, -0.2) is 34.8 Å². The monoisotopic (exact) mass is 426 g/mol. The van der Waals surface area contributed by atoms with Gasteiger partial charge in [-0.25, -0.2) is 13.8 Å². The van der Waals surface area contributed by atoms with Crippen LogP contribution in [0.5, 0.6) is 0 Å². The van der Waals surface area contributed by atoms with Gasteiger partial charge in [-0.3, -0.25) is 9.59 Å². The van der Waals surface area contributed by atoms with Crippen molar-refractivity contribution in [3.05, 3.63) is 65.4 Å². The summed E-state index contributed by atoms with van der Waals surface area (Å²) in [5.74, 6) is -3.30. The van der Waals surface area contributed by atoms with Crippen molar-refractivity contribution in [3.63, 3.8) is 0 Å². The number of hydrogen-bond donors (Lipinski definition) is 2. The van der Waals surface area contributed by atoms with Crippen molar-refractivity contribution in [3.8, 4) is 11.5 Å². The van der Waals surface area contributed by atoms with Crippen LogP contribution in [0.3, 0.4) is 0 Å². The van der Waals surface area contributed by atoms with Gasteiger partial charge < -0.3 is 20.4 Å². The lowest BCUT2D eigenvalue weighted by Gasteiger charge is -2.26. The summed E-state index contributed by atoms with van der Waals surface area (Å²) in [5.41, 5.74) is 5.56. The molecule has 7 nitrogen and oxygen atoms in total. The van der Waals surface area contributed by atoms with E-state index in [1.54, 1.807) is 24.3 Å². The van der Waals surface area contributed by atoms with Gasteiger partial charge in [0, 0.05) is 24.3 Å². The van der Waals surface area contributed by atoms with Crippen LogP contribution in [0.15, 0.2) is 46.9 Å². The maximum atomic E-state index is 14.1. The predicted octanol–water partition coefficient (Wildman–Crippen LogP) is 4.09. The molecule has 1 fully saturated rings. The maximum absolute atomic E-state index is 14.1. The maximum Gasteiger partial charge on any atom is 0.273 e. The lowest BCUT2D eigenvalue weighted by atomic mass is 10.1. The molecular formula is C22H20F2N4O3. The zero-order valence-electron chi connectivity index (χ0n) is 16.5. The topological polar surface area (TPSA) is 101 Å². The van der Waals surface area contributed by atoms with Crippen molar-refractivity contribution in [2.45, 2.75) is 19.3 Å². The van der Waals surface area contributed by atoms with Gasteiger partial charge in [0.15, 0.2) is 5.69 Å². The third-order valence-electron chi connectivity index (χ3n) is 5.07. The van der Waals surface area contributed by atoms with Crippen molar-refractivity contribution >= 4 is 23.4 Å². The zero-order valence-corrected chi connectivity index (χ0v) is 16.5. The summed E-state index contributed by atoms with van der Waals surface area (Å²) in [4.78, 5) is 30.0. The normalized spacial score (nSPS) is 13.8. The molecule has 3 aromatic rings. The average molecular weight is 426 g/mol. The van der Waals surface area contributed by atoms with E-state index in [0.717, 1.165) is 44.5 Å². The number of benzene rings is 2. The number of aromatic nitrogens is 1. The Morgan fingerprint density at radius 3 is 2.26 bits per heavy atom. The van der Waals surface area contributed by atoms with Gasteiger partial charge in [-0.1, -0.05) is 6.07 Å². The van der Waals surface area contributed by atoms with Gasteiger partial charge in [0.05, 0.1) is 0 Å². The number of carbonyl (C=O) groups is 2. The minimum atomic E-state index is -0.925. The highest BCUT2D eigenvalue weighted by Gasteiger charge is 2.24. The van der Waals surface area contributed by atoms with Crippen molar-refractivity contribution in [2.75, 3.05) is 18.4 Å². The van der Waals surface area contributed by atoms with E-state index in [2.05, 4.69) is 10.3 Å². The molecule has 0 saturated carbocycles. The van der Waals surface area contributed by atoms with Crippen LogP contribution < -0.4 is 11.1 Å². The van der Waals surface area contributed by atoms with E-state index in [4.69, 9.17) is 10.2 Å². The van der Waals surface area contributed by atoms with E-state index in [0.29, 0.717) is 11.3 Å². The Morgan fingerprint density at radius 2 is 1.65 bits per heavy atom. The molecule has 1 aliphatic heterocycles. The third kappa shape index (κ3) is 4.25. The fourth-order valence-corrected chi connectivity index (χ4v) is 3.49. The van der Waals surface area contributed by atoms with Crippen molar-refractivity contribution in [1.82, 2.24) is 9.88 Å². The highest BCUT2D eigenvalue weighted by Crippen LogP contribution is 2.31. The molecule has 2 aromatic carbocycles. The summed E-state index contributed by atoms with van der Waals surface area (Å²) in [6.45, 7) is 1.49. The zero-order chi connectivity index (χ0) is 22.0. The number of nitrogens with one attached hydrogen (secondary N) is 1. The van der Waals surface area contributed by atoms with E-state index in [9.17, 15) is 18.4 Å². The molecular weight excluding hydrogens is 406 g/mol. The largest absolute Gasteiger partial charge is 0.419 e. The highest BCUT2D eigenvalue weighted by molar-refractivity contribution is 5.97. The number of primary amides is 1. The Morgan fingerprint density at radius 1 is 1.00 bits per heavy atom. The molecule has 9 heteroatoms. The van der Waals surface area contributed by atoms with Crippen LogP contribution in [-0.2, 0) is 0 Å². The fourth-order valence-electron chi connectivity index (χ4n) is 3.49. The molecule has 31 heavy (non-hydrogen) atoms. The third-order valence-corrected chi connectivity index (χ3v) is 5.07. The Hall–Kier alpha value is -3.75. The molecule has 160 valence electrons. The smallest absolute Gasteiger partial charge is 0.273 e. The summed E-state index contributed by atoms with van der Waals surface area (Å²) in [5, 5.41) is 2.83. The van der Waals surface area contributed by atoms with Crippen LogP contribution >= 0.6 is 0 Å². The summed E-state index contributed by atoms with van der Waals surface area (Å²) < 4.78 is 33.6. The minimum absolute atomic E-state index is 0.0407. The number of likely N-dealkylation sites (tertiary alicyclic amines) is 1. The predicted molar refractivity (Wildman–Crippen MR) is 110 cm³/mol. The first-order chi connectivity index (χ1) is 14.9. The number of nitrogens with two attached hydrogens (primary N) is 1. The van der Waals surface area contributed by atoms with Gasteiger partial charge >= 0.3 is 0 Å². The van der Waals surface area contributed by atoms with E-state index < -0.39 is 29.0 Å². The molecule has 1 aromatic heterocycles. The standard InChI is InChI=1S/C22H20F2N4O3/c23-15-5-4-6-16(24)17(15)20-27-18(19(25)29)21(31-20)26-14-9-7-13(8-10-14)22(30)28-11-2-1-3-12-28/h4-10,26H,1-3,11-12H2,(H2,25,29). The first kappa shape index (κ1) is 20.5. The molecule has 0 spiro atoms. The van der Waals surface area contributed by atoms with Crippen LogP contribution in [0.1, 0.15) is 40.1 Å². The average Bonchev–Trinajstić information content (AvgIpc) is 3.18. The first-order valence-electron chi connectivity index (χ1n) is 9.85. The second-order valence-corrected chi connectivity index (χ2v) is 7.21. The molecule has 0 unspecified atom stereocenters. The van der Waals surface area contributed by atoms with Gasteiger partial charge in [-0.2, -0.15) is 0 Å². The summed E-state index contributed by atoms with van der Waals surface area (Å²) in [7, 11) is 0. The van der Waals surface area contributed by atoms with E-state index in [1.165, 1.54) is 6.07 Å². The lowest BCUT2D eigenvalue weighted by molar-refractivity contribution is 0.0724. The molecule has 0 radical (unpaired) electrons. The second kappa shape index (κ2) is 8.55. The van der Waals surface area contributed by atoms with Crippen LogP contribution in [0.4, 0.5) is 20.4 Å². The van der Waals surface area contributed by atoms with Crippen LogP contribution in [0, 0.1) is 11.6 Å². The number of halogens is 2. The summed E-state index contributed by atoms with van der Waals surface area (Å²) in [6, 6.07) is 9.88. The number of carbonyl (C=O) groups excluding carboxylic acids is 2. The molecule has 2 amide bonds. The Balaban J connectivity index is 1.58. The van der Waals surface area contributed by atoms with Crippen LogP contribution in [0.25, 0.3) is 11.5 Å². The molecule has 0 bridgehead atoms. The SMILES string of the molecule is NC(=O)c1nc(-c2c(F)cccc2F)oc1Nc1ccc(C(=O)N2CCCCC2)cc1. The quantitative estimate of drug-likeness (QED) is 0.640. The number of nitrogens with zero attached hydrogens (tertiary/aromatic N) is 2. The number of amides is 2. The van der Waals surface area contributed by atoms with Crippen molar-refractivity contribution < 1.29 is 22.8 Å². The first-order valence-corrected chi connectivity index (χ1v) is 9.85. The molecule has 2 heterocycles. The van der Waals surface area contributed by atoms with E-state index >= 15 is 0 Å². The molecule has 1 aliphatic rings. The van der Waals surface area contributed by atoms with Crippen LogP contribution in [0.2, 0.25) is 0 Å². The number of oxazole rings is 1. The Labute approximate surface area is 176 Å². The minimum Gasteiger partial charge on any atom is -0.419 e. The Bertz CT molecular complexity index is 1100. The van der Waals surface area contributed by atoms with E-state index in [-0.39, 0.29) is 17.5 Å².